The predicted molar refractivity (Wildman–Crippen MR) is 116 cm³/mol. The third-order valence-electron chi connectivity index (χ3n) is 5.33. The summed E-state index contributed by atoms with van der Waals surface area (Å²) in [7, 11) is 6.12. The van der Waals surface area contributed by atoms with Gasteiger partial charge in [0.15, 0.2) is 0 Å². The minimum Gasteiger partial charge on any atom is -0.398 e. The van der Waals surface area contributed by atoms with Crippen LogP contribution in [0.4, 0.5) is 0 Å². The van der Waals surface area contributed by atoms with E-state index in [1.807, 2.05) is 14.2 Å². The summed E-state index contributed by atoms with van der Waals surface area (Å²) in [6.07, 6.45) is 4.94. The van der Waals surface area contributed by atoms with E-state index >= 15 is 0 Å². The fourth-order valence-electron chi connectivity index (χ4n) is 3.53. The van der Waals surface area contributed by atoms with Crippen molar-refractivity contribution in [3.8, 4) is 0 Å². The van der Waals surface area contributed by atoms with E-state index in [9.17, 15) is 0 Å². The Hall–Kier alpha value is 0.0169. The quantitative estimate of drug-likeness (QED) is 0.335. The zero-order valence-corrected chi connectivity index (χ0v) is 19.9. The molecular formula is C20H47N3O2Si. The van der Waals surface area contributed by atoms with Gasteiger partial charge in [-0.25, -0.2) is 0 Å². The van der Waals surface area contributed by atoms with Crippen LogP contribution in [-0.2, 0) is 8.85 Å². The van der Waals surface area contributed by atoms with Gasteiger partial charge in [0.2, 0.25) is 0 Å². The SMILES string of the molecule is CCCN(C)CCCN(CCCN(C)CCC)CC[Si](CC)(OC)OC. The molecule has 0 aromatic heterocycles. The van der Waals surface area contributed by atoms with Crippen molar-refractivity contribution in [3.63, 3.8) is 0 Å². The van der Waals surface area contributed by atoms with E-state index in [2.05, 4.69) is 49.6 Å². The zero-order valence-electron chi connectivity index (χ0n) is 18.9. The van der Waals surface area contributed by atoms with Crippen LogP contribution < -0.4 is 0 Å². The fourth-order valence-corrected chi connectivity index (χ4v) is 5.70. The van der Waals surface area contributed by atoms with Gasteiger partial charge >= 0.3 is 8.56 Å². The van der Waals surface area contributed by atoms with Gasteiger partial charge in [0.25, 0.3) is 0 Å². The van der Waals surface area contributed by atoms with Crippen LogP contribution in [0.3, 0.4) is 0 Å². The summed E-state index contributed by atoms with van der Waals surface area (Å²) in [4.78, 5) is 7.53. The maximum absolute atomic E-state index is 5.81. The minimum absolute atomic E-state index is 1.02. The van der Waals surface area contributed by atoms with Crippen LogP contribution >= 0.6 is 0 Å². The van der Waals surface area contributed by atoms with Crippen molar-refractivity contribution in [1.29, 1.82) is 0 Å². The second-order valence-electron chi connectivity index (χ2n) is 7.58. The highest BCUT2D eigenvalue weighted by atomic mass is 28.4. The Morgan fingerprint density at radius 3 is 1.46 bits per heavy atom. The lowest BCUT2D eigenvalue weighted by atomic mass is 10.3. The first-order valence-corrected chi connectivity index (χ1v) is 12.9. The molecule has 6 heteroatoms. The van der Waals surface area contributed by atoms with Gasteiger partial charge in [-0.15, -0.1) is 0 Å². The molecule has 0 spiro atoms. The van der Waals surface area contributed by atoms with Crippen LogP contribution in [0.2, 0.25) is 12.1 Å². The average Bonchev–Trinajstić information content (AvgIpc) is 2.63. The van der Waals surface area contributed by atoms with E-state index < -0.39 is 8.56 Å². The lowest BCUT2D eigenvalue weighted by molar-refractivity contribution is 0.211. The molecule has 26 heavy (non-hydrogen) atoms. The molecule has 0 aliphatic carbocycles. The molecule has 0 unspecified atom stereocenters. The summed E-state index contributed by atoms with van der Waals surface area (Å²) in [5.41, 5.74) is 0. The van der Waals surface area contributed by atoms with E-state index in [0.717, 1.165) is 18.6 Å². The number of rotatable bonds is 18. The van der Waals surface area contributed by atoms with Crippen molar-refractivity contribution in [2.75, 3.05) is 74.1 Å². The Labute approximate surface area is 165 Å². The molecule has 0 aliphatic heterocycles. The van der Waals surface area contributed by atoms with Gasteiger partial charge in [-0.2, -0.15) is 0 Å². The van der Waals surface area contributed by atoms with Crippen LogP contribution in [-0.4, -0.2) is 97.4 Å². The van der Waals surface area contributed by atoms with Crippen molar-refractivity contribution in [3.05, 3.63) is 0 Å². The van der Waals surface area contributed by atoms with E-state index in [1.54, 1.807) is 0 Å². The van der Waals surface area contributed by atoms with Crippen molar-refractivity contribution >= 4 is 8.56 Å². The number of nitrogens with zero attached hydrogens (tertiary/aromatic N) is 3. The van der Waals surface area contributed by atoms with Crippen LogP contribution in [0.15, 0.2) is 0 Å². The number of hydrogen-bond donors (Lipinski definition) is 0. The van der Waals surface area contributed by atoms with Crippen LogP contribution in [0, 0.1) is 0 Å². The first kappa shape index (κ1) is 26.0. The lowest BCUT2D eigenvalue weighted by Gasteiger charge is -2.30. The highest BCUT2D eigenvalue weighted by Gasteiger charge is 2.33. The van der Waals surface area contributed by atoms with Gasteiger partial charge in [0.05, 0.1) is 0 Å². The van der Waals surface area contributed by atoms with Crippen LogP contribution in [0.1, 0.15) is 46.5 Å². The summed E-state index contributed by atoms with van der Waals surface area (Å²) in [5, 5.41) is 0. The van der Waals surface area contributed by atoms with Gasteiger partial charge in [-0.05, 0) is 85.1 Å². The maximum Gasteiger partial charge on any atom is 0.338 e. The van der Waals surface area contributed by atoms with E-state index in [0.29, 0.717) is 0 Å². The lowest BCUT2D eigenvalue weighted by Crippen LogP contribution is -2.43. The third kappa shape index (κ3) is 11.7. The molecule has 0 atom stereocenters. The van der Waals surface area contributed by atoms with E-state index in [1.165, 1.54) is 65.0 Å². The monoisotopic (exact) mass is 389 g/mol. The molecule has 158 valence electrons. The summed E-state index contributed by atoms with van der Waals surface area (Å²) in [6.45, 7) is 14.9. The zero-order chi connectivity index (χ0) is 19.8. The molecule has 0 N–H and O–H groups in total. The van der Waals surface area contributed by atoms with Gasteiger partial charge in [0, 0.05) is 26.8 Å². The first-order chi connectivity index (χ1) is 12.5. The normalized spacial score (nSPS) is 12.7. The topological polar surface area (TPSA) is 28.2 Å². The number of hydrogen-bond acceptors (Lipinski definition) is 5. The molecule has 5 nitrogen and oxygen atoms in total. The van der Waals surface area contributed by atoms with E-state index in [4.69, 9.17) is 8.85 Å². The third-order valence-corrected chi connectivity index (χ3v) is 8.88. The molecule has 0 fully saturated rings. The Balaban J connectivity index is 4.46. The summed E-state index contributed by atoms with van der Waals surface area (Å²) >= 11 is 0. The molecule has 0 amide bonds. The summed E-state index contributed by atoms with van der Waals surface area (Å²) in [6, 6.07) is 2.08. The fraction of sp³-hybridized carbons (Fsp3) is 1.00. The Morgan fingerprint density at radius 1 is 0.654 bits per heavy atom. The minimum atomic E-state index is -1.99. The molecule has 0 radical (unpaired) electrons. The smallest absolute Gasteiger partial charge is 0.338 e. The van der Waals surface area contributed by atoms with Crippen molar-refractivity contribution in [2.45, 2.75) is 58.5 Å². The maximum atomic E-state index is 5.81. The molecule has 0 aromatic rings. The van der Waals surface area contributed by atoms with Crippen molar-refractivity contribution in [2.24, 2.45) is 0 Å². The summed E-state index contributed by atoms with van der Waals surface area (Å²) < 4.78 is 11.6. The molecule has 0 rings (SSSR count). The van der Waals surface area contributed by atoms with Crippen molar-refractivity contribution in [1.82, 2.24) is 14.7 Å². The Bertz CT molecular complexity index is 291. The second-order valence-corrected chi connectivity index (χ2v) is 11.4. The van der Waals surface area contributed by atoms with Crippen molar-refractivity contribution < 1.29 is 8.85 Å². The van der Waals surface area contributed by atoms with Crippen LogP contribution in [0.5, 0.6) is 0 Å². The van der Waals surface area contributed by atoms with Gasteiger partial charge in [-0.3, -0.25) is 0 Å². The van der Waals surface area contributed by atoms with Gasteiger partial charge in [-0.1, -0.05) is 20.8 Å². The molecule has 0 heterocycles. The first-order valence-electron chi connectivity index (χ1n) is 10.7. The highest BCUT2D eigenvalue weighted by Crippen LogP contribution is 2.18. The van der Waals surface area contributed by atoms with Gasteiger partial charge in [0.1, 0.15) is 0 Å². The largest absolute Gasteiger partial charge is 0.398 e. The Morgan fingerprint density at radius 2 is 1.12 bits per heavy atom. The van der Waals surface area contributed by atoms with Gasteiger partial charge < -0.3 is 23.6 Å². The Kier molecular flexibility index (Phi) is 16.0. The average molecular weight is 390 g/mol. The molecule has 0 bridgehead atoms. The molecule has 0 saturated carbocycles. The standard InChI is InChI=1S/C20H47N3O2Si/c1-8-13-21(4)15-11-17-23(18-12-16-22(5)14-9-2)19-20-26(10-3,24-6)25-7/h8-20H2,1-7H3. The van der Waals surface area contributed by atoms with Crippen LogP contribution in [0.25, 0.3) is 0 Å². The second kappa shape index (κ2) is 16.0. The molecule has 0 aliphatic rings. The molecule has 0 aromatic carbocycles. The highest BCUT2D eigenvalue weighted by molar-refractivity contribution is 6.67. The summed E-state index contributed by atoms with van der Waals surface area (Å²) in [5.74, 6) is 0. The predicted octanol–water partition coefficient (Wildman–Crippen LogP) is 3.51. The molecule has 0 saturated heterocycles. The molecular weight excluding hydrogens is 342 g/mol. The van der Waals surface area contributed by atoms with E-state index in [-0.39, 0.29) is 0 Å².